The van der Waals surface area contributed by atoms with Crippen LogP contribution >= 0.6 is 11.3 Å². The Bertz CT molecular complexity index is 747. The van der Waals surface area contributed by atoms with Crippen LogP contribution in [0.3, 0.4) is 0 Å². The van der Waals surface area contributed by atoms with E-state index in [1.807, 2.05) is 6.07 Å². The minimum atomic E-state index is -0.200. The molecule has 0 aliphatic heterocycles. The molecule has 0 unspecified atom stereocenters. The van der Waals surface area contributed by atoms with E-state index in [4.69, 9.17) is 10.4 Å². The highest BCUT2D eigenvalue weighted by Gasteiger charge is 2.08. The van der Waals surface area contributed by atoms with E-state index in [1.165, 1.54) is 11.3 Å². The molecule has 1 aromatic carbocycles. The lowest BCUT2D eigenvalue weighted by atomic mass is 10.1. The Hall–Kier alpha value is -2.60. The van der Waals surface area contributed by atoms with Crippen LogP contribution in [0.5, 0.6) is 0 Å². The highest BCUT2D eigenvalue weighted by atomic mass is 32.1. The van der Waals surface area contributed by atoms with Crippen LogP contribution < -0.4 is 5.32 Å². The molecule has 0 atom stereocenters. The first-order chi connectivity index (χ1) is 10.2. The molecule has 0 aliphatic carbocycles. The maximum Gasteiger partial charge on any atom is 0.261 e. The monoisotopic (exact) mass is 296 g/mol. The van der Waals surface area contributed by atoms with Gasteiger partial charge in [0.15, 0.2) is 0 Å². The number of carbonyl (C=O) groups excluding carboxylic acids is 1. The molecule has 0 bridgehead atoms. The summed E-state index contributed by atoms with van der Waals surface area (Å²) in [5, 5.41) is 20.3. The van der Waals surface area contributed by atoms with Crippen LogP contribution in [0.15, 0.2) is 36.4 Å². The number of nitrogens with zero attached hydrogens (tertiary/aromatic N) is 1. The average Bonchev–Trinajstić information content (AvgIpc) is 2.99. The quantitative estimate of drug-likeness (QED) is 0.850. The molecule has 21 heavy (non-hydrogen) atoms. The van der Waals surface area contributed by atoms with Crippen LogP contribution in [0, 0.1) is 23.2 Å². The van der Waals surface area contributed by atoms with Crippen LogP contribution in [-0.2, 0) is 6.54 Å². The number of aliphatic hydroxyl groups excluding tert-OH is 1. The molecule has 104 valence electrons. The number of thiophene rings is 1. The minimum absolute atomic E-state index is 0.181. The topological polar surface area (TPSA) is 73.1 Å². The average molecular weight is 296 g/mol. The second-order valence-corrected chi connectivity index (χ2v) is 5.20. The van der Waals surface area contributed by atoms with Gasteiger partial charge in [0, 0.05) is 6.54 Å². The molecule has 0 aliphatic rings. The van der Waals surface area contributed by atoms with Gasteiger partial charge in [-0.2, -0.15) is 5.26 Å². The van der Waals surface area contributed by atoms with Crippen molar-refractivity contribution in [3.63, 3.8) is 0 Å². The highest BCUT2D eigenvalue weighted by Crippen LogP contribution is 2.15. The molecule has 2 rings (SSSR count). The number of hydrogen-bond acceptors (Lipinski definition) is 4. The number of carbonyl (C=O) groups is 1. The van der Waals surface area contributed by atoms with Crippen molar-refractivity contribution in [3.8, 4) is 17.9 Å². The number of hydrogen-bond donors (Lipinski definition) is 2. The van der Waals surface area contributed by atoms with Gasteiger partial charge in [-0.1, -0.05) is 24.0 Å². The summed E-state index contributed by atoms with van der Waals surface area (Å²) in [7, 11) is 0. The third-order valence-corrected chi connectivity index (χ3v) is 3.63. The Balaban J connectivity index is 1.98. The van der Waals surface area contributed by atoms with E-state index in [-0.39, 0.29) is 12.5 Å². The van der Waals surface area contributed by atoms with E-state index < -0.39 is 0 Å². The molecule has 5 heteroatoms. The van der Waals surface area contributed by atoms with Crippen molar-refractivity contribution in [2.24, 2.45) is 0 Å². The maximum absolute atomic E-state index is 12.0. The van der Waals surface area contributed by atoms with E-state index in [2.05, 4.69) is 23.2 Å². The third-order valence-electron chi connectivity index (χ3n) is 2.63. The van der Waals surface area contributed by atoms with Crippen LogP contribution in [-0.4, -0.2) is 17.6 Å². The largest absolute Gasteiger partial charge is 0.384 e. The van der Waals surface area contributed by atoms with E-state index in [0.29, 0.717) is 17.0 Å². The lowest BCUT2D eigenvalue weighted by Gasteiger charge is -2.03. The summed E-state index contributed by atoms with van der Waals surface area (Å²) in [6.45, 7) is 0.165. The number of nitriles is 1. The summed E-state index contributed by atoms with van der Waals surface area (Å²) < 4.78 is 0. The molecular formula is C16H12N2O2S. The van der Waals surface area contributed by atoms with Gasteiger partial charge in [-0.3, -0.25) is 4.79 Å². The molecule has 1 amide bonds. The van der Waals surface area contributed by atoms with Gasteiger partial charge in [-0.15, -0.1) is 11.3 Å². The van der Waals surface area contributed by atoms with Gasteiger partial charge < -0.3 is 10.4 Å². The molecular weight excluding hydrogens is 284 g/mol. The number of aliphatic hydroxyl groups is 1. The molecule has 1 heterocycles. The van der Waals surface area contributed by atoms with Crippen molar-refractivity contribution >= 4 is 17.2 Å². The summed E-state index contributed by atoms with van der Waals surface area (Å²) in [6, 6.07) is 12.6. The van der Waals surface area contributed by atoms with Gasteiger partial charge in [0.2, 0.25) is 0 Å². The molecule has 0 fully saturated rings. The van der Waals surface area contributed by atoms with Crippen molar-refractivity contribution in [1.29, 1.82) is 5.26 Å². The van der Waals surface area contributed by atoms with Gasteiger partial charge in [0.25, 0.3) is 5.91 Å². The van der Waals surface area contributed by atoms with Gasteiger partial charge in [-0.05, 0) is 29.8 Å². The van der Waals surface area contributed by atoms with Crippen molar-refractivity contribution in [1.82, 2.24) is 5.32 Å². The SMILES string of the molecule is N#Cc1cccc(CNC(=O)c2ccc(C#CCO)s2)c1. The summed E-state index contributed by atoms with van der Waals surface area (Å²) in [6.07, 6.45) is 0. The van der Waals surface area contributed by atoms with E-state index >= 15 is 0 Å². The Kier molecular flexibility index (Phi) is 5.11. The fourth-order valence-corrected chi connectivity index (χ4v) is 2.47. The second kappa shape index (κ2) is 7.25. The lowest BCUT2D eigenvalue weighted by molar-refractivity contribution is 0.0955. The van der Waals surface area contributed by atoms with Crippen molar-refractivity contribution in [3.05, 3.63) is 57.3 Å². The molecule has 0 spiro atoms. The van der Waals surface area contributed by atoms with Gasteiger partial charge >= 0.3 is 0 Å². The van der Waals surface area contributed by atoms with Crippen molar-refractivity contribution < 1.29 is 9.90 Å². The predicted octanol–water partition coefficient (Wildman–Crippen LogP) is 1.89. The summed E-state index contributed by atoms with van der Waals surface area (Å²) in [5.74, 6) is 5.12. The van der Waals surface area contributed by atoms with E-state index in [0.717, 1.165) is 10.4 Å². The number of benzene rings is 1. The third kappa shape index (κ3) is 4.19. The standard InChI is InChI=1S/C16H12N2O2S/c17-10-12-3-1-4-13(9-12)11-18-16(20)15-7-6-14(21-15)5-2-8-19/h1,3-4,6-7,9,19H,8,11H2,(H,18,20). The zero-order valence-electron chi connectivity index (χ0n) is 11.1. The van der Waals surface area contributed by atoms with E-state index in [1.54, 1.807) is 30.3 Å². The summed E-state index contributed by atoms with van der Waals surface area (Å²) in [5.41, 5.74) is 1.44. The van der Waals surface area contributed by atoms with Crippen LogP contribution in [0.25, 0.3) is 0 Å². The molecule has 0 saturated carbocycles. The van der Waals surface area contributed by atoms with E-state index in [9.17, 15) is 4.79 Å². The van der Waals surface area contributed by atoms with Crippen LogP contribution in [0.1, 0.15) is 25.7 Å². The Morgan fingerprint density at radius 3 is 2.95 bits per heavy atom. The van der Waals surface area contributed by atoms with Gasteiger partial charge in [-0.25, -0.2) is 0 Å². The number of nitrogens with one attached hydrogen (secondary N) is 1. The van der Waals surface area contributed by atoms with Crippen LogP contribution in [0.4, 0.5) is 0 Å². The molecule has 2 N–H and O–H groups in total. The summed E-state index contributed by atoms with van der Waals surface area (Å²) >= 11 is 1.27. The highest BCUT2D eigenvalue weighted by molar-refractivity contribution is 7.14. The Morgan fingerprint density at radius 2 is 2.19 bits per heavy atom. The van der Waals surface area contributed by atoms with Gasteiger partial charge in [0.1, 0.15) is 6.61 Å². The summed E-state index contributed by atoms with van der Waals surface area (Å²) in [4.78, 5) is 13.3. The fraction of sp³-hybridized carbons (Fsp3) is 0.125. The Labute approximate surface area is 126 Å². The molecule has 2 aromatic rings. The zero-order chi connectivity index (χ0) is 15.1. The molecule has 0 saturated heterocycles. The van der Waals surface area contributed by atoms with Crippen LogP contribution in [0.2, 0.25) is 0 Å². The fourth-order valence-electron chi connectivity index (χ4n) is 1.67. The molecule has 1 aromatic heterocycles. The molecule has 0 radical (unpaired) electrons. The first-order valence-corrected chi connectivity index (χ1v) is 7.01. The maximum atomic E-state index is 12.0. The first-order valence-electron chi connectivity index (χ1n) is 6.19. The molecule has 4 nitrogen and oxygen atoms in total. The first kappa shape index (κ1) is 14.8. The smallest absolute Gasteiger partial charge is 0.261 e. The van der Waals surface area contributed by atoms with Crippen molar-refractivity contribution in [2.75, 3.05) is 6.61 Å². The Morgan fingerprint density at radius 1 is 1.33 bits per heavy atom. The minimum Gasteiger partial charge on any atom is -0.384 e. The zero-order valence-corrected chi connectivity index (χ0v) is 11.9. The lowest BCUT2D eigenvalue weighted by Crippen LogP contribution is -2.21. The number of rotatable bonds is 3. The normalized spacial score (nSPS) is 9.33. The van der Waals surface area contributed by atoms with Gasteiger partial charge in [0.05, 0.1) is 21.4 Å². The number of amides is 1. The van der Waals surface area contributed by atoms with Crippen molar-refractivity contribution in [2.45, 2.75) is 6.54 Å². The predicted molar refractivity (Wildman–Crippen MR) is 80.6 cm³/mol. The second-order valence-electron chi connectivity index (χ2n) is 4.12.